The zero-order valence-corrected chi connectivity index (χ0v) is 29.6. The van der Waals surface area contributed by atoms with E-state index in [1.54, 1.807) is 91.7 Å². The Bertz CT molecular complexity index is 1640. The van der Waals surface area contributed by atoms with Crippen LogP contribution in [0.25, 0.3) is 0 Å². The van der Waals surface area contributed by atoms with Crippen molar-refractivity contribution in [2.24, 2.45) is 5.92 Å². The normalized spacial score (nSPS) is 20.0. The summed E-state index contributed by atoms with van der Waals surface area (Å²) in [6.45, 7) is 5.91. The minimum absolute atomic E-state index is 0.0708. The number of likely N-dealkylation sites (N-methyl/N-ethyl adjacent to an activating group) is 1. The lowest BCUT2D eigenvalue weighted by atomic mass is 10.0. The smallest absolute Gasteiger partial charge is 0.323 e. The quantitative estimate of drug-likeness (QED) is 0.268. The second kappa shape index (κ2) is 17.5. The van der Waals surface area contributed by atoms with Crippen molar-refractivity contribution in [3.63, 3.8) is 0 Å². The average Bonchev–Trinajstić information content (AvgIpc) is 3.10. The van der Waals surface area contributed by atoms with Gasteiger partial charge in [0.1, 0.15) is 11.5 Å². The molecule has 1 aliphatic rings. The van der Waals surface area contributed by atoms with E-state index < -0.39 is 34.1 Å². The summed E-state index contributed by atoms with van der Waals surface area (Å²) in [4.78, 5) is 29.0. The molecule has 12 nitrogen and oxygen atoms in total. The summed E-state index contributed by atoms with van der Waals surface area (Å²) >= 11 is 0. The van der Waals surface area contributed by atoms with Gasteiger partial charge in [-0.1, -0.05) is 25.1 Å². The summed E-state index contributed by atoms with van der Waals surface area (Å²) < 4.78 is 45.8. The number of ether oxygens (including phenoxy) is 3. The van der Waals surface area contributed by atoms with Gasteiger partial charge in [-0.15, -0.1) is 0 Å². The topological polar surface area (TPSA) is 147 Å². The molecule has 4 atom stereocenters. The minimum atomic E-state index is -3.78. The molecule has 3 N–H and O–H groups in total. The SMILES string of the molecule is COc1ccc(NC(=O)Nc2ccc3c(c2)C(=O)N([C@@H](C)CO)C[C@H](C)[C@@H](CN(C)S(=O)(=O)c2ccccc2)OCCCC[C@@H](C)O3)cc1. The average molecular weight is 697 g/mol. The van der Waals surface area contributed by atoms with Crippen LogP contribution in [0.15, 0.2) is 77.7 Å². The van der Waals surface area contributed by atoms with Crippen molar-refractivity contribution in [3.8, 4) is 11.5 Å². The highest BCUT2D eigenvalue weighted by atomic mass is 32.2. The number of hydrogen-bond acceptors (Lipinski definition) is 8. The molecule has 1 aliphatic heterocycles. The van der Waals surface area contributed by atoms with E-state index in [4.69, 9.17) is 14.2 Å². The Balaban J connectivity index is 1.61. The summed E-state index contributed by atoms with van der Waals surface area (Å²) in [7, 11) is -0.697. The van der Waals surface area contributed by atoms with Crippen molar-refractivity contribution in [3.05, 3.63) is 78.4 Å². The number of nitrogens with one attached hydrogen (secondary N) is 2. The van der Waals surface area contributed by atoms with Gasteiger partial charge in [0.25, 0.3) is 5.91 Å². The first-order valence-corrected chi connectivity index (χ1v) is 17.9. The second-order valence-corrected chi connectivity index (χ2v) is 14.5. The number of benzene rings is 3. The fraction of sp³-hybridized carbons (Fsp3) is 0.444. The van der Waals surface area contributed by atoms with Crippen molar-refractivity contribution >= 4 is 33.3 Å². The van der Waals surface area contributed by atoms with E-state index in [1.165, 1.54) is 11.4 Å². The largest absolute Gasteiger partial charge is 0.497 e. The van der Waals surface area contributed by atoms with Crippen LogP contribution in [0, 0.1) is 5.92 Å². The third kappa shape index (κ3) is 10.2. The fourth-order valence-electron chi connectivity index (χ4n) is 5.55. The van der Waals surface area contributed by atoms with Gasteiger partial charge < -0.3 is 34.9 Å². The number of aliphatic hydroxyl groups is 1. The number of rotatable bonds is 9. The van der Waals surface area contributed by atoms with Crippen LogP contribution >= 0.6 is 0 Å². The predicted molar refractivity (Wildman–Crippen MR) is 189 cm³/mol. The molecule has 49 heavy (non-hydrogen) atoms. The van der Waals surface area contributed by atoms with E-state index in [1.807, 2.05) is 13.8 Å². The molecule has 3 amide bonds. The van der Waals surface area contributed by atoms with Crippen LogP contribution in [0.1, 0.15) is 50.4 Å². The zero-order valence-electron chi connectivity index (χ0n) is 28.8. The molecule has 3 aromatic rings. The molecule has 0 aromatic heterocycles. The maximum Gasteiger partial charge on any atom is 0.323 e. The van der Waals surface area contributed by atoms with Gasteiger partial charge in [0.05, 0.1) is 42.4 Å². The third-order valence-corrected chi connectivity index (χ3v) is 10.4. The summed E-state index contributed by atoms with van der Waals surface area (Å²) in [6, 6.07) is 18.9. The Kier molecular flexibility index (Phi) is 13.4. The lowest BCUT2D eigenvalue weighted by molar-refractivity contribution is -0.00833. The molecular weight excluding hydrogens is 648 g/mol. The lowest BCUT2D eigenvalue weighted by Crippen LogP contribution is -2.48. The number of sulfonamides is 1. The van der Waals surface area contributed by atoms with Crippen LogP contribution in [0.2, 0.25) is 0 Å². The molecule has 4 rings (SSSR count). The Hall–Kier alpha value is -4.17. The number of carbonyl (C=O) groups is 2. The summed E-state index contributed by atoms with van der Waals surface area (Å²) in [5.41, 5.74) is 1.15. The van der Waals surface area contributed by atoms with E-state index in [0.717, 1.165) is 12.8 Å². The van der Waals surface area contributed by atoms with Crippen LogP contribution in [0.4, 0.5) is 16.2 Å². The Morgan fingerprint density at radius 1 is 1.04 bits per heavy atom. The number of nitrogens with zero attached hydrogens (tertiary/aromatic N) is 2. The number of hydrogen-bond donors (Lipinski definition) is 3. The number of amides is 3. The minimum Gasteiger partial charge on any atom is -0.497 e. The second-order valence-electron chi connectivity index (χ2n) is 12.4. The number of anilines is 2. The first kappa shape index (κ1) is 37.6. The van der Waals surface area contributed by atoms with Crippen LogP contribution in [0.3, 0.4) is 0 Å². The van der Waals surface area contributed by atoms with Crippen LogP contribution < -0.4 is 20.1 Å². The number of fused-ring (bicyclic) bond motifs is 1. The highest BCUT2D eigenvalue weighted by Crippen LogP contribution is 2.29. The van der Waals surface area contributed by atoms with Crippen molar-refractivity contribution in [1.29, 1.82) is 0 Å². The summed E-state index contributed by atoms with van der Waals surface area (Å²) in [5.74, 6) is 0.285. The van der Waals surface area contributed by atoms with Gasteiger partial charge >= 0.3 is 6.03 Å². The Labute approximate surface area is 289 Å². The molecule has 0 aliphatic carbocycles. The monoisotopic (exact) mass is 696 g/mol. The number of methoxy groups -OCH3 is 1. The third-order valence-electron chi connectivity index (χ3n) is 8.55. The van der Waals surface area contributed by atoms with Gasteiger partial charge in [-0.3, -0.25) is 4.79 Å². The van der Waals surface area contributed by atoms with Crippen molar-refractivity contribution < 1.29 is 37.3 Å². The number of carbonyl (C=O) groups excluding carboxylic acids is 2. The number of aliphatic hydroxyl groups excluding tert-OH is 1. The van der Waals surface area contributed by atoms with Gasteiger partial charge in [0.15, 0.2) is 0 Å². The molecule has 0 radical (unpaired) electrons. The van der Waals surface area contributed by atoms with Gasteiger partial charge in [-0.2, -0.15) is 4.31 Å². The van der Waals surface area contributed by atoms with E-state index >= 15 is 0 Å². The van der Waals surface area contributed by atoms with Crippen LogP contribution in [0.5, 0.6) is 11.5 Å². The molecule has 0 saturated carbocycles. The standard InChI is InChI=1S/C36H48N4O8S/c1-25-22-40(26(2)24-41)35(42)32-21-29(38-36(43)37-28-14-17-30(46-5)18-15-28)16-19-33(32)48-27(3)11-9-10-20-47-34(25)23-39(4)49(44,45)31-12-7-6-8-13-31/h6-8,12-19,21,25-27,34,41H,9-11,20,22-24H2,1-5H3,(H2,37,38,43)/t25-,26-,27+,34+/m0/s1. The van der Waals surface area contributed by atoms with Gasteiger partial charge in [0.2, 0.25) is 10.0 Å². The first-order chi connectivity index (χ1) is 23.4. The Morgan fingerprint density at radius 3 is 2.39 bits per heavy atom. The number of urea groups is 1. The molecule has 266 valence electrons. The van der Waals surface area contributed by atoms with Crippen molar-refractivity contribution in [2.45, 2.75) is 63.2 Å². The predicted octanol–water partition coefficient (Wildman–Crippen LogP) is 5.46. The molecule has 0 fully saturated rings. The van der Waals surface area contributed by atoms with E-state index in [9.17, 15) is 23.1 Å². The highest BCUT2D eigenvalue weighted by molar-refractivity contribution is 7.89. The van der Waals surface area contributed by atoms with E-state index in [2.05, 4.69) is 10.6 Å². The highest BCUT2D eigenvalue weighted by Gasteiger charge is 2.32. The summed E-state index contributed by atoms with van der Waals surface area (Å²) in [6.07, 6.45) is 1.45. The first-order valence-electron chi connectivity index (χ1n) is 16.5. The van der Waals surface area contributed by atoms with Crippen molar-refractivity contribution in [1.82, 2.24) is 9.21 Å². The van der Waals surface area contributed by atoms with Crippen LogP contribution in [-0.4, -0.2) is 93.4 Å². The molecule has 0 unspecified atom stereocenters. The van der Waals surface area contributed by atoms with E-state index in [0.29, 0.717) is 35.9 Å². The molecule has 0 spiro atoms. The molecule has 13 heteroatoms. The fourth-order valence-corrected chi connectivity index (χ4v) is 6.76. The van der Waals surface area contributed by atoms with E-state index in [-0.39, 0.29) is 42.2 Å². The van der Waals surface area contributed by atoms with Gasteiger partial charge in [-0.25, -0.2) is 13.2 Å². The summed E-state index contributed by atoms with van der Waals surface area (Å²) in [5, 5.41) is 15.8. The molecule has 0 saturated heterocycles. The lowest BCUT2D eigenvalue weighted by Gasteiger charge is -2.35. The molecule has 1 heterocycles. The molecule has 3 aromatic carbocycles. The maximum atomic E-state index is 14.4. The Morgan fingerprint density at radius 2 is 1.71 bits per heavy atom. The molecular formula is C36H48N4O8S. The zero-order chi connectivity index (χ0) is 35.6. The van der Waals surface area contributed by atoms with Gasteiger partial charge in [0, 0.05) is 44.0 Å². The van der Waals surface area contributed by atoms with Crippen molar-refractivity contribution in [2.75, 3.05) is 51.1 Å². The molecule has 0 bridgehead atoms. The van der Waals surface area contributed by atoms with Crippen LogP contribution in [-0.2, 0) is 14.8 Å². The maximum absolute atomic E-state index is 14.4. The van der Waals surface area contributed by atoms with Gasteiger partial charge in [-0.05, 0) is 87.7 Å².